The summed E-state index contributed by atoms with van der Waals surface area (Å²) in [5.41, 5.74) is 10.0. The fourth-order valence-corrected chi connectivity index (χ4v) is 1.71. The summed E-state index contributed by atoms with van der Waals surface area (Å²) in [6.07, 6.45) is 2.74. The second-order valence-electron chi connectivity index (χ2n) is 3.62. The molecule has 0 amide bonds. The standard InChI is InChI=1S/C12H15N3/c1-3-9-4-6-10(7-5-9)12-11(13)8-14-15(12)2/h4-8H,3,13H2,1-2H3. The first-order valence-corrected chi connectivity index (χ1v) is 5.09. The lowest BCUT2D eigenvalue weighted by Crippen LogP contribution is -1.95. The van der Waals surface area contributed by atoms with E-state index in [2.05, 4.69) is 36.3 Å². The molecule has 0 unspecified atom stereocenters. The van der Waals surface area contributed by atoms with Gasteiger partial charge in [-0.25, -0.2) is 0 Å². The van der Waals surface area contributed by atoms with Crippen LogP contribution in [0.2, 0.25) is 0 Å². The van der Waals surface area contributed by atoms with Gasteiger partial charge in [0.15, 0.2) is 0 Å². The molecule has 0 bridgehead atoms. The van der Waals surface area contributed by atoms with E-state index in [1.165, 1.54) is 5.56 Å². The molecule has 1 aromatic carbocycles. The summed E-state index contributed by atoms with van der Waals surface area (Å²) in [7, 11) is 1.90. The molecular formula is C12H15N3. The summed E-state index contributed by atoms with van der Waals surface area (Å²) in [6, 6.07) is 8.43. The van der Waals surface area contributed by atoms with Crippen LogP contribution in [-0.4, -0.2) is 9.78 Å². The van der Waals surface area contributed by atoms with Gasteiger partial charge in [0.05, 0.1) is 17.6 Å². The molecular weight excluding hydrogens is 186 g/mol. The Balaban J connectivity index is 2.45. The Morgan fingerprint density at radius 1 is 1.27 bits per heavy atom. The molecule has 15 heavy (non-hydrogen) atoms. The Hall–Kier alpha value is -1.77. The van der Waals surface area contributed by atoms with Gasteiger partial charge in [-0.05, 0) is 12.0 Å². The van der Waals surface area contributed by atoms with Crippen LogP contribution in [0.15, 0.2) is 30.5 Å². The Morgan fingerprint density at radius 3 is 2.40 bits per heavy atom. The van der Waals surface area contributed by atoms with E-state index in [1.807, 2.05) is 7.05 Å². The molecule has 0 fully saturated rings. The van der Waals surface area contributed by atoms with Gasteiger partial charge >= 0.3 is 0 Å². The largest absolute Gasteiger partial charge is 0.396 e. The van der Waals surface area contributed by atoms with Gasteiger partial charge in [0.1, 0.15) is 0 Å². The summed E-state index contributed by atoms with van der Waals surface area (Å²) in [5.74, 6) is 0. The van der Waals surface area contributed by atoms with E-state index in [0.717, 1.165) is 23.4 Å². The van der Waals surface area contributed by atoms with E-state index in [-0.39, 0.29) is 0 Å². The molecule has 0 aliphatic carbocycles. The average molecular weight is 201 g/mol. The van der Waals surface area contributed by atoms with Crippen molar-refractivity contribution < 1.29 is 0 Å². The van der Waals surface area contributed by atoms with Gasteiger partial charge < -0.3 is 5.73 Å². The van der Waals surface area contributed by atoms with Crippen molar-refractivity contribution >= 4 is 5.69 Å². The SMILES string of the molecule is CCc1ccc(-c2c(N)cnn2C)cc1. The summed E-state index contributed by atoms with van der Waals surface area (Å²) in [5, 5.41) is 4.13. The number of anilines is 1. The summed E-state index contributed by atoms with van der Waals surface area (Å²) in [4.78, 5) is 0. The van der Waals surface area contributed by atoms with E-state index in [1.54, 1.807) is 10.9 Å². The van der Waals surface area contributed by atoms with Crippen molar-refractivity contribution in [3.63, 3.8) is 0 Å². The molecule has 0 spiro atoms. The van der Waals surface area contributed by atoms with Crippen LogP contribution in [0.1, 0.15) is 12.5 Å². The van der Waals surface area contributed by atoms with Crippen molar-refractivity contribution in [1.29, 1.82) is 0 Å². The van der Waals surface area contributed by atoms with Crippen LogP contribution >= 0.6 is 0 Å². The van der Waals surface area contributed by atoms with Crippen LogP contribution in [0.25, 0.3) is 11.3 Å². The Labute approximate surface area is 89.5 Å². The Morgan fingerprint density at radius 2 is 1.93 bits per heavy atom. The number of nitrogens with two attached hydrogens (primary N) is 1. The smallest absolute Gasteiger partial charge is 0.0908 e. The van der Waals surface area contributed by atoms with Gasteiger partial charge in [0.2, 0.25) is 0 Å². The lowest BCUT2D eigenvalue weighted by molar-refractivity contribution is 0.776. The zero-order chi connectivity index (χ0) is 10.8. The highest BCUT2D eigenvalue weighted by atomic mass is 15.3. The first kappa shape index (κ1) is 9.77. The number of benzene rings is 1. The van der Waals surface area contributed by atoms with Crippen molar-refractivity contribution in [3.05, 3.63) is 36.0 Å². The normalized spacial score (nSPS) is 10.5. The quantitative estimate of drug-likeness (QED) is 0.809. The maximum atomic E-state index is 5.86. The first-order valence-electron chi connectivity index (χ1n) is 5.09. The molecule has 0 aliphatic heterocycles. The third-order valence-corrected chi connectivity index (χ3v) is 2.60. The Bertz CT molecular complexity index is 435. The molecule has 0 atom stereocenters. The number of nitrogen functional groups attached to an aromatic ring is 1. The van der Waals surface area contributed by atoms with Gasteiger partial charge in [-0.1, -0.05) is 31.2 Å². The van der Waals surface area contributed by atoms with Crippen LogP contribution in [0.4, 0.5) is 5.69 Å². The highest BCUT2D eigenvalue weighted by molar-refractivity contribution is 5.72. The summed E-state index contributed by atoms with van der Waals surface area (Å²) < 4.78 is 1.80. The van der Waals surface area contributed by atoms with E-state index >= 15 is 0 Å². The van der Waals surface area contributed by atoms with Crippen molar-refractivity contribution in [2.24, 2.45) is 7.05 Å². The highest BCUT2D eigenvalue weighted by Crippen LogP contribution is 2.24. The summed E-state index contributed by atoms with van der Waals surface area (Å²) >= 11 is 0. The maximum Gasteiger partial charge on any atom is 0.0908 e. The van der Waals surface area contributed by atoms with E-state index in [4.69, 9.17) is 5.73 Å². The lowest BCUT2D eigenvalue weighted by atomic mass is 10.1. The molecule has 0 saturated heterocycles. The van der Waals surface area contributed by atoms with Gasteiger partial charge in [-0.2, -0.15) is 5.10 Å². The van der Waals surface area contributed by atoms with Gasteiger partial charge in [0, 0.05) is 12.6 Å². The van der Waals surface area contributed by atoms with Gasteiger partial charge in [-0.3, -0.25) is 4.68 Å². The fourth-order valence-electron chi connectivity index (χ4n) is 1.71. The van der Waals surface area contributed by atoms with Crippen LogP contribution in [0, 0.1) is 0 Å². The topological polar surface area (TPSA) is 43.8 Å². The molecule has 0 radical (unpaired) electrons. The lowest BCUT2D eigenvalue weighted by Gasteiger charge is -2.04. The molecule has 3 nitrogen and oxygen atoms in total. The molecule has 3 heteroatoms. The van der Waals surface area contributed by atoms with Crippen LogP contribution in [0.5, 0.6) is 0 Å². The number of aromatic nitrogens is 2. The monoisotopic (exact) mass is 201 g/mol. The van der Waals surface area contributed by atoms with E-state index < -0.39 is 0 Å². The van der Waals surface area contributed by atoms with E-state index in [9.17, 15) is 0 Å². The predicted octanol–water partition coefficient (Wildman–Crippen LogP) is 2.23. The minimum absolute atomic E-state index is 0.724. The molecule has 78 valence electrons. The number of hydrogen-bond donors (Lipinski definition) is 1. The van der Waals surface area contributed by atoms with Crippen molar-refractivity contribution in [2.45, 2.75) is 13.3 Å². The second-order valence-corrected chi connectivity index (χ2v) is 3.62. The zero-order valence-corrected chi connectivity index (χ0v) is 9.07. The minimum atomic E-state index is 0.724. The average Bonchev–Trinajstić information content (AvgIpc) is 2.59. The highest BCUT2D eigenvalue weighted by Gasteiger charge is 2.07. The molecule has 2 N–H and O–H groups in total. The predicted molar refractivity (Wildman–Crippen MR) is 62.4 cm³/mol. The molecule has 2 aromatic rings. The number of rotatable bonds is 2. The van der Waals surface area contributed by atoms with Crippen LogP contribution in [-0.2, 0) is 13.5 Å². The number of aryl methyl sites for hydroxylation is 2. The second kappa shape index (κ2) is 3.77. The van der Waals surface area contributed by atoms with Gasteiger partial charge in [0.25, 0.3) is 0 Å². The molecule has 1 heterocycles. The molecule has 0 saturated carbocycles. The Kier molecular flexibility index (Phi) is 2.46. The molecule has 1 aromatic heterocycles. The van der Waals surface area contributed by atoms with Crippen molar-refractivity contribution in [1.82, 2.24) is 9.78 Å². The molecule has 0 aliphatic rings. The van der Waals surface area contributed by atoms with Crippen molar-refractivity contribution in [2.75, 3.05) is 5.73 Å². The molecule has 2 rings (SSSR count). The summed E-state index contributed by atoms with van der Waals surface area (Å²) in [6.45, 7) is 2.15. The van der Waals surface area contributed by atoms with Crippen LogP contribution in [0.3, 0.4) is 0 Å². The third kappa shape index (κ3) is 1.73. The minimum Gasteiger partial charge on any atom is -0.396 e. The third-order valence-electron chi connectivity index (χ3n) is 2.60. The van der Waals surface area contributed by atoms with E-state index in [0.29, 0.717) is 0 Å². The van der Waals surface area contributed by atoms with Crippen molar-refractivity contribution in [3.8, 4) is 11.3 Å². The number of nitrogens with zero attached hydrogens (tertiary/aromatic N) is 2. The fraction of sp³-hybridized carbons (Fsp3) is 0.250. The first-order chi connectivity index (χ1) is 7.22. The zero-order valence-electron chi connectivity index (χ0n) is 9.07. The maximum absolute atomic E-state index is 5.86. The van der Waals surface area contributed by atoms with Crippen LogP contribution < -0.4 is 5.73 Å². The van der Waals surface area contributed by atoms with Gasteiger partial charge in [-0.15, -0.1) is 0 Å². The number of hydrogen-bond acceptors (Lipinski definition) is 2.